The van der Waals surface area contributed by atoms with Crippen molar-refractivity contribution < 1.29 is 9.90 Å². The summed E-state index contributed by atoms with van der Waals surface area (Å²) >= 11 is 3.21. The summed E-state index contributed by atoms with van der Waals surface area (Å²) < 4.78 is 0.897. The molecule has 5 heteroatoms. The molecule has 1 heterocycles. The second kappa shape index (κ2) is 5.26. The molecular weight excluding hydrogens is 290 g/mol. The van der Waals surface area contributed by atoms with E-state index in [1.165, 1.54) is 16.2 Å². The minimum absolute atomic E-state index is 0.297. The van der Waals surface area contributed by atoms with Crippen molar-refractivity contribution in [2.45, 2.75) is 4.90 Å². The zero-order valence-corrected chi connectivity index (χ0v) is 12.3. The number of thiazole rings is 1. The van der Waals surface area contributed by atoms with Crippen LogP contribution in [0.5, 0.6) is 0 Å². The van der Waals surface area contributed by atoms with Crippen LogP contribution in [-0.4, -0.2) is 22.3 Å². The summed E-state index contributed by atoms with van der Waals surface area (Å²) in [5, 5.41) is 9.92. The van der Waals surface area contributed by atoms with Gasteiger partial charge in [-0.3, -0.25) is 0 Å². The van der Waals surface area contributed by atoms with E-state index in [0.29, 0.717) is 5.56 Å². The third-order valence-electron chi connectivity index (χ3n) is 2.97. The maximum atomic E-state index is 11.0. The molecule has 0 saturated carbocycles. The number of fused-ring (bicyclic) bond motifs is 1. The summed E-state index contributed by atoms with van der Waals surface area (Å²) in [6, 6.07) is 13.2. The van der Waals surface area contributed by atoms with Crippen molar-refractivity contribution in [2.24, 2.45) is 0 Å². The lowest BCUT2D eigenvalue weighted by molar-refractivity contribution is 0.0697. The van der Waals surface area contributed by atoms with Gasteiger partial charge < -0.3 is 5.11 Å². The van der Waals surface area contributed by atoms with E-state index in [2.05, 4.69) is 17.1 Å². The predicted octanol–water partition coefficient (Wildman–Crippen LogP) is 4.38. The first-order chi connectivity index (χ1) is 9.67. The topological polar surface area (TPSA) is 50.2 Å². The Balaban J connectivity index is 2.05. The van der Waals surface area contributed by atoms with Crippen molar-refractivity contribution in [3.8, 4) is 10.6 Å². The number of benzene rings is 2. The lowest BCUT2D eigenvalue weighted by Gasteiger charge is -1.97. The van der Waals surface area contributed by atoms with Gasteiger partial charge in [-0.25, -0.2) is 9.78 Å². The summed E-state index contributed by atoms with van der Waals surface area (Å²) in [6.07, 6.45) is 2.04. The highest BCUT2D eigenvalue weighted by Crippen LogP contribution is 2.31. The molecule has 0 unspecified atom stereocenters. The zero-order valence-electron chi connectivity index (χ0n) is 10.7. The highest BCUT2D eigenvalue weighted by Gasteiger charge is 2.09. The smallest absolute Gasteiger partial charge is 0.335 e. The Labute approximate surface area is 124 Å². The maximum Gasteiger partial charge on any atom is 0.335 e. The van der Waals surface area contributed by atoms with Crippen LogP contribution >= 0.6 is 23.1 Å². The third kappa shape index (κ3) is 2.42. The van der Waals surface area contributed by atoms with Crippen molar-refractivity contribution in [1.82, 2.24) is 4.98 Å². The summed E-state index contributed by atoms with van der Waals surface area (Å²) in [4.78, 5) is 16.7. The van der Waals surface area contributed by atoms with Gasteiger partial charge in [-0.1, -0.05) is 12.1 Å². The number of hydrogen-bond donors (Lipinski definition) is 1. The van der Waals surface area contributed by atoms with Crippen molar-refractivity contribution >= 4 is 39.3 Å². The minimum atomic E-state index is -0.911. The van der Waals surface area contributed by atoms with E-state index in [0.717, 1.165) is 20.8 Å². The molecule has 100 valence electrons. The molecule has 0 fully saturated rings. The van der Waals surface area contributed by atoms with E-state index < -0.39 is 5.97 Å². The molecule has 0 amide bonds. The van der Waals surface area contributed by atoms with Gasteiger partial charge in [0.25, 0.3) is 0 Å². The lowest BCUT2D eigenvalue weighted by Crippen LogP contribution is -1.94. The van der Waals surface area contributed by atoms with Gasteiger partial charge in [0.05, 0.1) is 15.8 Å². The normalized spacial score (nSPS) is 10.8. The molecule has 2 aromatic carbocycles. The maximum absolute atomic E-state index is 11.0. The van der Waals surface area contributed by atoms with E-state index >= 15 is 0 Å². The fourth-order valence-electron chi connectivity index (χ4n) is 1.91. The molecule has 3 aromatic rings. The molecule has 0 aliphatic rings. The van der Waals surface area contributed by atoms with Gasteiger partial charge in [0.1, 0.15) is 5.01 Å². The summed E-state index contributed by atoms with van der Waals surface area (Å²) in [6.45, 7) is 0. The van der Waals surface area contributed by atoms with Crippen LogP contribution in [0.1, 0.15) is 10.4 Å². The minimum Gasteiger partial charge on any atom is -0.478 e. The number of nitrogens with zero attached hydrogens (tertiary/aromatic N) is 1. The largest absolute Gasteiger partial charge is 0.478 e. The quantitative estimate of drug-likeness (QED) is 0.729. The molecule has 20 heavy (non-hydrogen) atoms. The molecule has 0 aliphatic carbocycles. The number of aromatic carboxylic acids is 1. The zero-order chi connectivity index (χ0) is 14.1. The molecule has 3 nitrogen and oxygen atoms in total. The average Bonchev–Trinajstić information content (AvgIpc) is 2.90. The number of carboxylic acid groups (broad SMARTS) is 1. The SMILES string of the molecule is CSc1ccc(-c2nc3ccc(C(=O)O)cc3s2)cc1. The molecule has 0 atom stereocenters. The van der Waals surface area contributed by atoms with E-state index in [9.17, 15) is 4.79 Å². The first-order valence-corrected chi connectivity index (χ1v) is 8.00. The van der Waals surface area contributed by atoms with Gasteiger partial charge in [-0.05, 0) is 36.6 Å². The first-order valence-electron chi connectivity index (χ1n) is 5.95. The second-order valence-corrected chi connectivity index (χ2v) is 6.15. The monoisotopic (exact) mass is 301 g/mol. The van der Waals surface area contributed by atoms with Crippen molar-refractivity contribution in [2.75, 3.05) is 6.26 Å². The van der Waals surface area contributed by atoms with Gasteiger partial charge in [-0.15, -0.1) is 23.1 Å². The van der Waals surface area contributed by atoms with E-state index in [1.807, 2.05) is 18.4 Å². The van der Waals surface area contributed by atoms with E-state index in [4.69, 9.17) is 5.11 Å². The lowest BCUT2D eigenvalue weighted by atomic mass is 10.2. The van der Waals surface area contributed by atoms with Gasteiger partial charge in [-0.2, -0.15) is 0 Å². The number of carboxylic acids is 1. The van der Waals surface area contributed by atoms with Crippen LogP contribution in [0.4, 0.5) is 0 Å². The Hall–Kier alpha value is -1.85. The molecule has 0 aliphatic heterocycles. The Morgan fingerprint density at radius 3 is 2.60 bits per heavy atom. The average molecular weight is 301 g/mol. The number of carbonyl (C=O) groups is 1. The Kier molecular flexibility index (Phi) is 3.46. The molecule has 1 aromatic heterocycles. The van der Waals surface area contributed by atoms with Crippen LogP contribution in [0.25, 0.3) is 20.8 Å². The van der Waals surface area contributed by atoms with Gasteiger partial charge in [0, 0.05) is 10.5 Å². The van der Waals surface area contributed by atoms with E-state index in [-0.39, 0.29) is 0 Å². The Morgan fingerprint density at radius 1 is 1.20 bits per heavy atom. The van der Waals surface area contributed by atoms with Gasteiger partial charge >= 0.3 is 5.97 Å². The summed E-state index contributed by atoms with van der Waals surface area (Å²) in [7, 11) is 0. The molecule has 1 N–H and O–H groups in total. The first kappa shape index (κ1) is 13.1. The summed E-state index contributed by atoms with van der Waals surface area (Å²) in [5.41, 5.74) is 2.19. The molecular formula is C15H11NO2S2. The van der Waals surface area contributed by atoms with Gasteiger partial charge in [0.15, 0.2) is 0 Å². The fraction of sp³-hybridized carbons (Fsp3) is 0.0667. The van der Waals surface area contributed by atoms with Gasteiger partial charge in [0.2, 0.25) is 0 Å². The predicted molar refractivity (Wildman–Crippen MR) is 83.8 cm³/mol. The van der Waals surface area contributed by atoms with Crippen LogP contribution in [0.15, 0.2) is 47.4 Å². The molecule has 3 rings (SSSR count). The Bertz CT molecular complexity index is 778. The highest BCUT2D eigenvalue weighted by molar-refractivity contribution is 7.98. The number of hydrogen-bond acceptors (Lipinski definition) is 4. The molecule has 0 bridgehead atoms. The van der Waals surface area contributed by atoms with Crippen molar-refractivity contribution in [3.63, 3.8) is 0 Å². The number of thioether (sulfide) groups is 1. The van der Waals surface area contributed by atoms with Crippen molar-refractivity contribution in [3.05, 3.63) is 48.0 Å². The van der Waals surface area contributed by atoms with E-state index in [1.54, 1.807) is 30.0 Å². The van der Waals surface area contributed by atoms with Crippen molar-refractivity contribution in [1.29, 1.82) is 0 Å². The summed E-state index contributed by atoms with van der Waals surface area (Å²) in [5.74, 6) is -0.911. The molecule has 0 radical (unpaired) electrons. The fourth-order valence-corrected chi connectivity index (χ4v) is 3.33. The highest BCUT2D eigenvalue weighted by atomic mass is 32.2. The van der Waals surface area contributed by atoms with Crippen LogP contribution in [0.3, 0.4) is 0 Å². The van der Waals surface area contributed by atoms with Crippen LogP contribution < -0.4 is 0 Å². The van der Waals surface area contributed by atoms with Crippen LogP contribution in [0.2, 0.25) is 0 Å². The number of aromatic nitrogens is 1. The van der Waals surface area contributed by atoms with Crippen LogP contribution in [0, 0.1) is 0 Å². The standard InChI is InChI=1S/C15H11NO2S2/c1-19-11-5-2-9(3-6-11)14-16-12-7-4-10(15(17)18)8-13(12)20-14/h2-8H,1H3,(H,17,18). The Morgan fingerprint density at radius 2 is 1.95 bits per heavy atom. The second-order valence-electron chi connectivity index (χ2n) is 4.24. The van der Waals surface area contributed by atoms with Crippen LogP contribution in [-0.2, 0) is 0 Å². The molecule has 0 spiro atoms. The molecule has 0 saturated heterocycles. The number of rotatable bonds is 3. The third-order valence-corrected chi connectivity index (χ3v) is 4.78.